The summed E-state index contributed by atoms with van der Waals surface area (Å²) in [5, 5.41) is 0. The summed E-state index contributed by atoms with van der Waals surface area (Å²) in [5.41, 5.74) is -0.430. The molecular formula is C11H18O2. The van der Waals surface area contributed by atoms with Crippen molar-refractivity contribution in [3.05, 3.63) is 0 Å². The monoisotopic (exact) mass is 182 g/mol. The number of hydrogen-bond donors (Lipinski definition) is 0. The molecule has 1 aliphatic carbocycles. The van der Waals surface area contributed by atoms with Gasteiger partial charge in [0.25, 0.3) is 0 Å². The Kier molecular flexibility index (Phi) is 2.41. The first-order chi connectivity index (χ1) is 6.21. The van der Waals surface area contributed by atoms with E-state index in [4.69, 9.17) is 4.74 Å². The summed E-state index contributed by atoms with van der Waals surface area (Å²) in [6, 6.07) is 0. The Hall–Kier alpha value is -0.370. The molecule has 2 heteroatoms. The first-order valence-corrected chi connectivity index (χ1v) is 5.38. The molecule has 0 bridgehead atoms. The Labute approximate surface area is 79.7 Å². The second kappa shape index (κ2) is 3.41. The third-order valence-corrected chi connectivity index (χ3v) is 3.23. The molecule has 0 spiro atoms. The summed E-state index contributed by atoms with van der Waals surface area (Å²) in [7, 11) is 0. The van der Waals surface area contributed by atoms with Gasteiger partial charge in [-0.2, -0.15) is 0 Å². The molecule has 2 rings (SSSR count). The lowest BCUT2D eigenvalue weighted by Gasteiger charge is -2.32. The third kappa shape index (κ3) is 2.11. The van der Waals surface area contributed by atoms with Crippen molar-refractivity contribution in [3.8, 4) is 0 Å². The number of ketones is 1. The second-order valence-corrected chi connectivity index (χ2v) is 4.61. The van der Waals surface area contributed by atoms with Crippen LogP contribution in [0.1, 0.15) is 45.4 Å². The van der Waals surface area contributed by atoms with Gasteiger partial charge in [-0.05, 0) is 44.9 Å². The van der Waals surface area contributed by atoms with Gasteiger partial charge >= 0.3 is 0 Å². The first kappa shape index (κ1) is 9.20. The van der Waals surface area contributed by atoms with Crippen LogP contribution in [0.25, 0.3) is 0 Å². The second-order valence-electron chi connectivity index (χ2n) is 4.61. The largest absolute Gasteiger partial charge is 0.368 e. The van der Waals surface area contributed by atoms with Crippen LogP contribution in [-0.2, 0) is 9.53 Å². The van der Waals surface area contributed by atoms with Crippen LogP contribution in [0.4, 0.5) is 0 Å². The predicted octanol–water partition coefficient (Wildman–Crippen LogP) is 2.31. The molecule has 1 saturated carbocycles. The quantitative estimate of drug-likeness (QED) is 0.669. The lowest BCUT2D eigenvalue weighted by molar-refractivity contribution is -0.148. The minimum Gasteiger partial charge on any atom is -0.368 e. The van der Waals surface area contributed by atoms with Crippen LogP contribution in [0, 0.1) is 5.92 Å². The van der Waals surface area contributed by atoms with Crippen molar-refractivity contribution < 1.29 is 9.53 Å². The normalized spacial score (nSPS) is 34.5. The van der Waals surface area contributed by atoms with E-state index in [1.54, 1.807) is 0 Å². The third-order valence-electron chi connectivity index (χ3n) is 3.23. The number of Topliss-reactive ketones (excluding diaryl/α,β-unsaturated/α-hetero) is 1. The Morgan fingerprint density at radius 3 is 2.77 bits per heavy atom. The maximum Gasteiger partial charge on any atom is 0.164 e. The van der Waals surface area contributed by atoms with Crippen molar-refractivity contribution in [2.24, 2.45) is 5.92 Å². The van der Waals surface area contributed by atoms with Gasteiger partial charge in [0.05, 0.1) is 0 Å². The molecule has 2 nitrogen and oxygen atoms in total. The highest BCUT2D eigenvalue weighted by Gasteiger charge is 2.38. The maximum atomic E-state index is 11.8. The zero-order chi connectivity index (χ0) is 9.31. The molecule has 0 radical (unpaired) electrons. The van der Waals surface area contributed by atoms with Crippen LogP contribution in [0.2, 0.25) is 0 Å². The molecule has 0 amide bonds. The summed E-state index contributed by atoms with van der Waals surface area (Å²) in [5.74, 6) is 1.03. The molecule has 1 atom stereocenters. The molecule has 2 fully saturated rings. The molecule has 0 aromatic carbocycles. The molecule has 0 N–H and O–H groups in total. The van der Waals surface area contributed by atoms with E-state index in [9.17, 15) is 4.79 Å². The Morgan fingerprint density at radius 2 is 2.23 bits per heavy atom. The highest BCUT2D eigenvalue weighted by Crippen LogP contribution is 2.36. The molecule has 0 aromatic rings. The van der Waals surface area contributed by atoms with Crippen LogP contribution >= 0.6 is 0 Å². The summed E-state index contributed by atoms with van der Waals surface area (Å²) < 4.78 is 5.61. The van der Waals surface area contributed by atoms with Crippen molar-refractivity contribution in [1.29, 1.82) is 0 Å². The number of carbonyl (C=O) groups excluding carboxylic acids is 1. The standard InChI is InChI=1S/C11H18O2/c1-11(6-2-3-7-13-11)10(12)8-9-4-5-9/h9H,2-8H2,1H3. The maximum absolute atomic E-state index is 11.8. The van der Waals surface area contributed by atoms with E-state index >= 15 is 0 Å². The van der Waals surface area contributed by atoms with Crippen molar-refractivity contribution in [2.75, 3.05) is 6.61 Å². The molecule has 1 saturated heterocycles. The number of hydrogen-bond acceptors (Lipinski definition) is 2. The molecule has 1 aliphatic heterocycles. The predicted molar refractivity (Wildman–Crippen MR) is 50.6 cm³/mol. The molecule has 0 aromatic heterocycles. The molecular weight excluding hydrogens is 164 g/mol. The smallest absolute Gasteiger partial charge is 0.164 e. The van der Waals surface area contributed by atoms with E-state index in [0.717, 1.165) is 32.3 Å². The van der Waals surface area contributed by atoms with E-state index in [-0.39, 0.29) is 0 Å². The molecule has 2 aliphatic rings. The number of rotatable bonds is 3. The Balaban J connectivity index is 1.90. The van der Waals surface area contributed by atoms with E-state index in [2.05, 4.69) is 0 Å². The van der Waals surface area contributed by atoms with Crippen LogP contribution in [-0.4, -0.2) is 18.0 Å². The average molecular weight is 182 g/mol. The van der Waals surface area contributed by atoms with Gasteiger partial charge in [0.15, 0.2) is 5.78 Å². The van der Waals surface area contributed by atoms with Gasteiger partial charge in [-0.15, -0.1) is 0 Å². The van der Waals surface area contributed by atoms with Gasteiger partial charge in [-0.1, -0.05) is 0 Å². The van der Waals surface area contributed by atoms with Gasteiger partial charge in [-0.25, -0.2) is 0 Å². The van der Waals surface area contributed by atoms with E-state index in [1.807, 2.05) is 6.92 Å². The van der Waals surface area contributed by atoms with Crippen LogP contribution in [0.3, 0.4) is 0 Å². The fraction of sp³-hybridized carbons (Fsp3) is 0.909. The van der Waals surface area contributed by atoms with E-state index in [0.29, 0.717) is 11.7 Å². The fourth-order valence-corrected chi connectivity index (χ4v) is 1.95. The van der Waals surface area contributed by atoms with Gasteiger partial charge in [0.1, 0.15) is 5.60 Å². The minimum atomic E-state index is -0.430. The van der Waals surface area contributed by atoms with Crippen molar-refractivity contribution in [3.63, 3.8) is 0 Å². The summed E-state index contributed by atoms with van der Waals surface area (Å²) in [6.07, 6.45) is 6.46. The zero-order valence-electron chi connectivity index (χ0n) is 8.34. The lowest BCUT2D eigenvalue weighted by Crippen LogP contribution is -2.41. The fourth-order valence-electron chi connectivity index (χ4n) is 1.95. The van der Waals surface area contributed by atoms with Crippen molar-refractivity contribution in [1.82, 2.24) is 0 Å². The van der Waals surface area contributed by atoms with Crippen LogP contribution in [0.15, 0.2) is 0 Å². The van der Waals surface area contributed by atoms with Gasteiger partial charge in [-0.3, -0.25) is 4.79 Å². The molecule has 1 unspecified atom stereocenters. The summed E-state index contributed by atoms with van der Waals surface area (Å²) >= 11 is 0. The summed E-state index contributed by atoms with van der Waals surface area (Å²) in [6.45, 7) is 2.74. The molecule has 74 valence electrons. The van der Waals surface area contributed by atoms with Crippen LogP contribution < -0.4 is 0 Å². The number of ether oxygens (including phenoxy) is 1. The lowest BCUT2D eigenvalue weighted by atomic mass is 9.89. The van der Waals surface area contributed by atoms with Gasteiger partial charge in [0, 0.05) is 13.0 Å². The Morgan fingerprint density at radius 1 is 1.46 bits per heavy atom. The topological polar surface area (TPSA) is 26.3 Å². The summed E-state index contributed by atoms with van der Waals surface area (Å²) in [4.78, 5) is 11.8. The van der Waals surface area contributed by atoms with Crippen molar-refractivity contribution in [2.45, 2.75) is 51.0 Å². The van der Waals surface area contributed by atoms with E-state index < -0.39 is 5.60 Å². The molecule has 13 heavy (non-hydrogen) atoms. The first-order valence-electron chi connectivity index (χ1n) is 5.38. The Bertz CT molecular complexity index is 200. The van der Waals surface area contributed by atoms with Crippen molar-refractivity contribution >= 4 is 5.78 Å². The van der Waals surface area contributed by atoms with Gasteiger partial charge in [0.2, 0.25) is 0 Å². The van der Waals surface area contributed by atoms with Crippen LogP contribution in [0.5, 0.6) is 0 Å². The highest BCUT2D eigenvalue weighted by atomic mass is 16.5. The average Bonchev–Trinajstić information content (AvgIpc) is 2.89. The number of carbonyl (C=O) groups is 1. The highest BCUT2D eigenvalue weighted by molar-refractivity contribution is 5.87. The van der Waals surface area contributed by atoms with Gasteiger partial charge < -0.3 is 4.74 Å². The molecule has 1 heterocycles. The minimum absolute atomic E-state index is 0.342. The zero-order valence-corrected chi connectivity index (χ0v) is 8.34. The SMILES string of the molecule is CC1(C(=O)CC2CC2)CCCCO1. The van der Waals surface area contributed by atoms with E-state index in [1.165, 1.54) is 12.8 Å².